The van der Waals surface area contributed by atoms with Crippen molar-refractivity contribution in [1.82, 2.24) is 10.2 Å². The Morgan fingerprint density at radius 1 is 1.41 bits per heavy atom. The summed E-state index contributed by atoms with van der Waals surface area (Å²) in [5, 5.41) is 11.5. The molecule has 17 heavy (non-hydrogen) atoms. The first-order chi connectivity index (χ1) is 7.93. The van der Waals surface area contributed by atoms with Crippen LogP contribution in [0, 0.1) is 5.92 Å². The van der Waals surface area contributed by atoms with E-state index < -0.39 is 12.0 Å². The van der Waals surface area contributed by atoms with Crippen molar-refractivity contribution in [2.45, 2.75) is 26.8 Å². The summed E-state index contributed by atoms with van der Waals surface area (Å²) in [5.41, 5.74) is 0. The summed E-state index contributed by atoms with van der Waals surface area (Å²) in [6, 6.07) is -1.23. The molecule has 0 aliphatic carbocycles. The van der Waals surface area contributed by atoms with Crippen LogP contribution in [0.3, 0.4) is 0 Å². The predicted molar refractivity (Wildman–Crippen MR) is 63.9 cm³/mol. The van der Waals surface area contributed by atoms with Gasteiger partial charge in [-0.3, -0.25) is 0 Å². The van der Waals surface area contributed by atoms with E-state index >= 15 is 0 Å². The van der Waals surface area contributed by atoms with Crippen LogP contribution < -0.4 is 5.32 Å². The molecule has 2 amide bonds. The van der Waals surface area contributed by atoms with Gasteiger partial charge >= 0.3 is 12.0 Å². The molecule has 6 nitrogen and oxygen atoms in total. The molecular formula is C11H22N2O4. The SMILES string of the molecule is CCN(CCOC)C(=O)NC(C(=O)O)C(C)C. The molecule has 2 N–H and O–H groups in total. The molecule has 0 rings (SSSR count). The summed E-state index contributed by atoms with van der Waals surface area (Å²) in [5.74, 6) is -1.17. The monoisotopic (exact) mass is 246 g/mol. The first-order valence-corrected chi connectivity index (χ1v) is 5.71. The maximum Gasteiger partial charge on any atom is 0.326 e. The number of amides is 2. The van der Waals surface area contributed by atoms with Gasteiger partial charge in [0.05, 0.1) is 6.61 Å². The molecule has 0 fully saturated rings. The molecule has 0 aliphatic heterocycles. The highest BCUT2D eigenvalue weighted by atomic mass is 16.5. The van der Waals surface area contributed by atoms with Gasteiger partial charge in [-0.25, -0.2) is 9.59 Å². The van der Waals surface area contributed by atoms with Gasteiger partial charge in [0.15, 0.2) is 0 Å². The van der Waals surface area contributed by atoms with E-state index in [1.807, 2.05) is 6.92 Å². The number of carboxylic acid groups (broad SMARTS) is 1. The molecule has 0 bridgehead atoms. The van der Waals surface area contributed by atoms with E-state index in [0.717, 1.165) is 0 Å². The molecule has 0 saturated heterocycles. The molecule has 0 aromatic rings. The molecule has 0 spiro atoms. The van der Waals surface area contributed by atoms with Crippen molar-refractivity contribution in [3.63, 3.8) is 0 Å². The van der Waals surface area contributed by atoms with Crippen molar-refractivity contribution >= 4 is 12.0 Å². The summed E-state index contributed by atoms with van der Waals surface area (Å²) >= 11 is 0. The van der Waals surface area contributed by atoms with Gasteiger partial charge in [-0.1, -0.05) is 13.8 Å². The van der Waals surface area contributed by atoms with E-state index in [4.69, 9.17) is 9.84 Å². The second kappa shape index (κ2) is 7.89. The number of rotatable bonds is 7. The van der Waals surface area contributed by atoms with Gasteiger partial charge < -0.3 is 20.1 Å². The van der Waals surface area contributed by atoms with E-state index in [2.05, 4.69) is 5.32 Å². The fraction of sp³-hybridized carbons (Fsp3) is 0.818. The standard InChI is InChI=1S/C11H22N2O4/c1-5-13(6-7-17-4)11(16)12-9(8(2)3)10(14)15/h8-9H,5-7H2,1-4H3,(H,12,16)(H,14,15). The quantitative estimate of drug-likeness (QED) is 0.695. The Bertz CT molecular complexity index is 256. The van der Waals surface area contributed by atoms with Crippen LogP contribution in [0.5, 0.6) is 0 Å². The van der Waals surface area contributed by atoms with E-state index in [9.17, 15) is 9.59 Å². The summed E-state index contributed by atoms with van der Waals surface area (Å²) < 4.78 is 4.89. The number of urea groups is 1. The molecule has 100 valence electrons. The second-order valence-electron chi connectivity index (χ2n) is 4.08. The van der Waals surface area contributed by atoms with Crippen molar-refractivity contribution in [3.05, 3.63) is 0 Å². The third-order valence-electron chi connectivity index (χ3n) is 2.45. The smallest absolute Gasteiger partial charge is 0.326 e. The van der Waals surface area contributed by atoms with Crippen LogP contribution in [-0.4, -0.2) is 54.9 Å². The van der Waals surface area contributed by atoms with Crippen LogP contribution in [0.15, 0.2) is 0 Å². The Labute approximate surface area is 102 Å². The maximum atomic E-state index is 11.8. The Morgan fingerprint density at radius 2 is 2.00 bits per heavy atom. The number of carbonyl (C=O) groups excluding carboxylic acids is 1. The largest absolute Gasteiger partial charge is 0.480 e. The third-order valence-corrected chi connectivity index (χ3v) is 2.45. The molecule has 0 aliphatic rings. The van der Waals surface area contributed by atoms with Crippen molar-refractivity contribution in [1.29, 1.82) is 0 Å². The number of ether oxygens (including phenoxy) is 1. The molecule has 1 atom stereocenters. The number of hydrogen-bond acceptors (Lipinski definition) is 3. The number of nitrogens with zero attached hydrogens (tertiary/aromatic N) is 1. The van der Waals surface area contributed by atoms with E-state index in [0.29, 0.717) is 19.7 Å². The third kappa shape index (κ3) is 5.53. The Morgan fingerprint density at radius 3 is 2.35 bits per heavy atom. The van der Waals surface area contributed by atoms with Crippen molar-refractivity contribution in [2.24, 2.45) is 5.92 Å². The van der Waals surface area contributed by atoms with Gasteiger partial charge in [0, 0.05) is 20.2 Å². The predicted octanol–water partition coefficient (Wildman–Crippen LogP) is 0.773. The number of carbonyl (C=O) groups is 2. The number of hydrogen-bond donors (Lipinski definition) is 2. The molecule has 0 radical (unpaired) electrons. The normalized spacial score (nSPS) is 12.3. The van der Waals surface area contributed by atoms with Gasteiger partial charge in [-0.2, -0.15) is 0 Å². The highest BCUT2D eigenvalue weighted by Crippen LogP contribution is 2.03. The fourth-order valence-electron chi connectivity index (χ4n) is 1.34. The Balaban J connectivity index is 4.41. The summed E-state index contributed by atoms with van der Waals surface area (Å²) in [6.45, 7) is 6.74. The Kier molecular flexibility index (Phi) is 7.29. The molecule has 0 aromatic carbocycles. The van der Waals surface area contributed by atoms with Crippen LogP contribution in [0.1, 0.15) is 20.8 Å². The van der Waals surface area contributed by atoms with E-state index in [1.54, 1.807) is 21.0 Å². The van der Waals surface area contributed by atoms with Crippen LogP contribution in [0.4, 0.5) is 4.79 Å². The van der Waals surface area contributed by atoms with Crippen molar-refractivity contribution in [3.8, 4) is 0 Å². The number of nitrogens with one attached hydrogen (secondary N) is 1. The lowest BCUT2D eigenvalue weighted by atomic mass is 10.1. The van der Waals surface area contributed by atoms with E-state index in [1.165, 1.54) is 4.90 Å². The lowest BCUT2D eigenvalue weighted by Crippen LogP contribution is -2.50. The zero-order valence-corrected chi connectivity index (χ0v) is 10.9. The average molecular weight is 246 g/mol. The average Bonchev–Trinajstić information content (AvgIpc) is 2.26. The van der Waals surface area contributed by atoms with Crippen LogP contribution in [0.2, 0.25) is 0 Å². The van der Waals surface area contributed by atoms with Gasteiger partial charge in [-0.05, 0) is 12.8 Å². The lowest BCUT2D eigenvalue weighted by molar-refractivity contribution is -0.140. The van der Waals surface area contributed by atoms with Crippen LogP contribution in [0.25, 0.3) is 0 Å². The number of methoxy groups -OCH3 is 1. The minimum Gasteiger partial charge on any atom is -0.480 e. The summed E-state index contributed by atoms with van der Waals surface area (Å²) in [7, 11) is 1.56. The van der Waals surface area contributed by atoms with Crippen molar-refractivity contribution < 1.29 is 19.4 Å². The molecule has 0 aromatic heterocycles. The second-order valence-corrected chi connectivity index (χ2v) is 4.08. The molecule has 0 heterocycles. The van der Waals surface area contributed by atoms with Crippen LogP contribution >= 0.6 is 0 Å². The molecule has 0 saturated carbocycles. The number of aliphatic carboxylic acids is 1. The Hall–Kier alpha value is -1.30. The van der Waals surface area contributed by atoms with Gasteiger partial charge in [0.25, 0.3) is 0 Å². The minimum atomic E-state index is -1.02. The first kappa shape index (κ1) is 15.7. The number of carboxylic acids is 1. The lowest BCUT2D eigenvalue weighted by Gasteiger charge is -2.25. The summed E-state index contributed by atoms with van der Waals surface area (Å²) in [6.07, 6.45) is 0. The van der Waals surface area contributed by atoms with Gasteiger partial charge in [-0.15, -0.1) is 0 Å². The van der Waals surface area contributed by atoms with E-state index in [-0.39, 0.29) is 11.9 Å². The highest BCUT2D eigenvalue weighted by Gasteiger charge is 2.25. The fourth-order valence-corrected chi connectivity index (χ4v) is 1.34. The summed E-state index contributed by atoms with van der Waals surface area (Å²) in [4.78, 5) is 24.3. The van der Waals surface area contributed by atoms with Gasteiger partial charge in [0.1, 0.15) is 6.04 Å². The molecular weight excluding hydrogens is 224 g/mol. The molecule has 6 heteroatoms. The topological polar surface area (TPSA) is 78.9 Å². The zero-order valence-electron chi connectivity index (χ0n) is 10.9. The molecule has 1 unspecified atom stereocenters. The first-order valence-electron chi connectivity index (χ1n) is 5.71. The zero-order chi connectivity index (χ0) is 13.4. The van der Waals surface area contributed by atoms with Crippen LogP contribution in [-0.2, 0) is 9.53 Å². The minimum absolute atomic E-state index is 0.155. The maximum absolute atomic E-state index is 11.8. The van der Waals surface area contributed by atoms with Gasteiger partial charge in [0.2, 0.25) is 0 Å². The number of likely N-dealkylation sites (N-methyl/N-ethyl adjacent to an activating group) is 1. The highest BCUT2D eigenvalue weighted by molar-refractivity contribution is 5.82. The van der Waals surface area contributed by atoms with Crippen molar-refractivity contribution in [2.75, 3.05) is 26.8 Å².